The molecule has 0 saturated carbocycles. The molecule has 2 N–H and O–H groups in total. The van der Waals surface area contributed by atoms with Gasteiger partial charge in [0.05, 0.1) is 12.3 Å². The molecule has 0 aliphatic rings. The van der Waals surface area contributed by atoms with Crippen LogP contribution in [-0.2, 0) is 0 Å². The van der Waals surface area contributed by atoms with E-state index in [0.29, 0.717) is 23.1 Å². The van der Waals surface area contributed by atoms with E-state index in [9.17, 15) is 9.18 Å². The molecule has 0 saturated heterocycles. The first kappa shape index (κ1) is 16.9. The third-order valence-electron chi connectivity index (χ3n) is 3.29. The second-order valence-electron chi connectivity index (χ2n) is 5.08. The van der Waals surface area contributed by atoms with Crippen molar-refractivity contribution in [3.63, 3.8) is 0 Å². The van der Waals surface area contributed by atoms with E-state index in [-0.39, 0.29) is 11.8 Å². The standard InChI is InChI=1S/C18H16FN3O2S/c1-2-24-15-9-7-14(8-10-15)20-17(23)22-18-21-16(11-25-18)12-3-5-13(19)6-4-12/h3-11H,2H2,1H3,(H2,20,21,22,23). The molecule has 7 heteroatoms. The Hall–Kier alpha value is -2.93. The summed E-state index contributed by atoms with van der Waals surface area (Å²) < 4.78 is 18.3. The molecular weight excluding hydrogens is 341 g/mol. The van der Waals surface area contributed by atoms with E-state index in [1.54, 1.807) is 41.8 Å². The molecule has 0 bridgehead atoms. The van der Waals surface area contributed by atoms with E-state index >= 15 is 0 Å². The molecule has 0 spiro atoms. The highest BCUT2D eigenvalue weighted by atomic mass is 32.1. The molecular formula is C18H16FN3O2S. The van der Waals surface area contributed by atoms with Crippen LogP contribution in [0, 0.1) is 5.82 Å². The minimum Gasteiger partial charge on any atom is -0.494 e. The van der Waals surface area contributed by atoms with E-state index in [0.717, 1.165) is 11.3 Å². The summed E-state index contributed by atoms with van der Waals surface area (Å²) in [6.07, 6.45) is 0. The molecule has 2 aromatic carbocycles. The number of halogens is 1. The van der Waals surface area contributed by atoms with Crippen molar-refractivity contribution >= 4 is 28.2 Å². The third kappa shape index (κ3) is 4.54. The van der Waals surface area contributed by atoms with Crippen molar-refractivity contribution in [2.45, 2.75) is 6.92 Å². The lowest BCUT2D eigenvalue weighted by Gasteiger charge is -2.07. The smallest absolute Gasteiger partial charge is 0.325 e. The molecule has 0 aliphatic heterocycles. The van der Waals surface area contributed by atoms with E-state index in [1.807, 2.05) is 6.92 Å². The topological polar surface area (TPSA) is 63.2 Å². The van der Waals surface area contributed by atoms with Gasteiger partial charge in [0.1, 0.15) is 11.6 Å². The fraction of sp³-hybridized carbons (Fsp3) is 0.111. The largest absolute Gasteiger partial charge is 0.494 e. The van der Waals surface area contributed by atoms with Gasteiger partial charge in [-0.1, -0.05) is 0 Å². The molecule has 1 aromatic heterocycles. The highest BCUT2D eigenvalue weighted by Crippen LogP contribution is 2.25. The lowest BCUT2D eigenvalue weighted by atomic mass is 10.2. The Bertz CT molecular complexity index is 848. The van der Waals surface area contributed by atoms with Crippen LogP contribution in [0.5, 0.6) is 5.75 Å². The molecule has 0 unspecified atom stereocenters. The first-order valence-electron chi connectivity index (χ1n) is 7.66. The number of hydrogen-bond acceptors (Lipinski definition) is 4. The number of rotatable bonds is 5. The maximum atomic E-state index is 13.0. The number of carbonyl (C=O) groups excluding carboxylic acids is 1. The normalized spacial score (nSPS) is 10.3. The van der Waals surface area contributed by atoms with E-state index < -0.39 is 0 Å². The minimum atomic E-state index is -0.385. The number of nitrogens with zero attached hydrogens (tertiary/aromatic N) is 1. The SMILES string of the molecule is CCOc1ccc(NC(=O)Nc2nc(-c3ccc(F)cc3)cs2)cc1. The minimum absolute atomic E-state index is 0.299. The van der Waals surface area contributed by atoms with Gasteiger partial charge in [0.15, 0.2) is 5.13 Å². The van der Waals surface area contributed by atoms with Gasteiger partial charge in [-0.3, -0.25) is 5.32 Å². The second-order valence-corrected chi connectivity index (χ2v) is 5.94. The molecule has 5 nitrogen and oxygen atoms in total. The average molecular weight is 357 g/mol. The number of thiazole rings is 1. The Kier molecular flexibility index (Phi) is 5.25. The van der Waals surface area contributed by atoms with Gasteiger partial charge < -0.3 is 10.1 Å². The molecule has 2 amide bonds. The lowest BCUT2D eigenvalue weighted by molar-refractivity contribution is 0.262. The van der Waals surface area contributed by atoms with Crippen LogP contribution in [0.25, 0.3) is 11.3 Å². The van der Waals surface area contributed by atoms with Crippen molar-refractivity contribution in [3.05, 3.63) is 59.7 Å². The van der Waals surface area contributed by atoms with Crippen LogP contribution >= 0.6 is 11.3 Å². The predicted octanol–water partition coefficient (Wildman–Crippen LogP) is 4.99. The van der Waals surface area contributed by atoms with Crippen molar-refractivity contribution in [1.82, 2.24) is 4.98 Å². The number of urea groups is 1. The number of ether oxygens (including phenoxy) is 1. The molecule has 3 rings (SSSR count). The molecule has 1 heterocycles. The van der Waals surface area contributed by atoms with E-state index in [1.165, 1.54) is 23.5 Å². The highest BCUT2D eigenvalue weighted by molar-refractivity contribution is 7.14. The first-order chi connectivity index (χ1) is 12.1. The van der Waals surface area contributed by atoms with Gasteiger partial charge in [0.2, 0.25) is 0 Å². The monoisotopic (exact) mass is 357 g/mol. The summed E-state index contributed by atoms with van der Waals surface area (Å²) in [5, 5.41) is 7.68. The summed E-state index contributed by atoms with van der Waals surface area (Å²) in [6.45, 7) is 2.50. The Morgan fingerprint density at radius 2 is 1.84 bits per heavy atom. The second kappa shape index (κ2) is 7.76. The van der Waals surface area contributed by atoms with Gasteiger partial charge in [-0.15, -0.1) is 11.3 Å². The maximum Gasteiger partial charge on any atom is 0.325 e. The third-order valence-corrected chi connectivity index (χ3v) is 4.05. The number of nitrogens with one attached hydrogen (secondary N) is 2. The van der Waals surface area contributed by atoms with Gasteiger partial charge in [0, 0.05) is 16.6 Å². The number of benzene rings is 2. The Labute approximate surface area is 148 Å². The molecule has 25 heavy (non-hydrogen) atoms. The number of aromatic nitrogens is 1. The summed E-state index contributed by atoms with van der Waals surface area (Å²) in [5.41, 5.74) is 2.12. The quantitative estimate of drug-likeness (QED) is 0.676. The summed E-state index contributed by atoms with van der Waals surface area (Å²) in [5.74, 6) is 0.449. The molecule has 0 atom stereocenters. The van der Waals surface area contributed by atoms with Crippen molar-refractivity contribution in [3.8, 4) is 17.0 Å². The summed E-state index contributed by atoms with van der Waals surface area (Å²) in [4.78, 5) is 16.4. The van der Waals surface area contributed by atoms with Crippen LogP contribution in [-0.4, -0.2) is 17.6 Å². The van der Waals surface area contributed by atoms with Gasteiger partial charge in [0.25, 0.3) is 0 Å². The van der Waals surface area contributed by atoms with Gasteiger partial charge >= 0.3 is 6.03 Å². The Balaban J connectivity index is 1.60. The van der Waals surface area contributed by atoms with Crippen LogP contribution in [0.4, 0.5) is 20.0 Å². The summed E-state index contributed by atoms with van der Waals surface area (Å²) >= 11 is 1.30. The van der Waals surface area contributed by atoms with Crippen LogP contribution in [0.2, 0.25) is 0 Å². The van der Waals surface area contributed by atoms with Crippen LogP contribution in [0.3, 0.4) is 0 Å². The molecule has 0 radical (unpaired) electrons. The maximum absolute atomic E-state index is 13.0. The first-order valence-corrected chi connectivity index (χ1v) is 8.54. The van der Waals surface area contributed by atoms with Crippen molar-refractivity contribution < 1.29 is 13.9 Å². The highest BCUT2D eigenvalue weighted by Gasteiger charge is 2.08. The van der Waals surface area contributed by atoms with E-state index in [4.69, 9.17) is 4.74 Å². The number of amides is 2. The fourth-order valence-corrected chi connectivity index (χ4v) is 2.86. The van der Waals surface area contributed by atoms with Gasteiger partial charge in [-0.05, 0) is 55.5 Å². The molecule has 0 aliphatic carbocycles. The zero-order valence-corrected chi connectivity index (χ0v) is 14.3. The van der Waals surface area contributed by atoms with Gasteiger partial charge in [-0.25, -0.2) is 14.2 Å². The van der Waals surface area contributed by atoms with Gasteiger partial charge in [-0.2, -0.15) is 0 Å². The summed E-state index contributed by atoms with van der Waals surface area (Å²) in [7, 11) is 0. The number of carbonyl (C=O) groups is 1. The molecule has 128 valence electrons. The average Bonchev–Trinajstić information content (AvgIpc) is 3.06. The van der Waals surface area contributed by atoms with Crippen LogP contribution < -0.4 is 15.4 Å². The fourth-order valence-electron chi connectivity index (χ4n) is 2.15. The lowest BCUT2D eigenvalue weighted by Crippen LogP contribution is -2.19. The van der Waals surface area contributed by atoms with Crippen molar-refractivity contribution in [2.24, 2.45) is 0 Å². The number of anilines is 2. The molecule has 3 aromatic rings. The van der Waals surface area contributed by atoms with Crippen LogP contribution in [0.1, 0.15) is 6.92 Å². The summed E-state index contributed by atoms with van der Waals surface area (Å²) in [6, 6.07) is 12.8. The Morgan fingerprint density at radius 1 is 1.12 bits per heavy atom. The zero-order valence-electron chi connectivity index (χ0n) is 13.5. The number of hydrogen-bond donors (Lipinski definition) is 2. The predicted molar refractivity (Wildman–Crippen MR) is 97.8 cm³/mol. The Morgan fingerprint density at radius 3 is 2.52 bits per heavy atom. The van der Waals surface area contributed by atoms with Crippen LogP contribution in [0.15, 0.2) is 53.9 Å². The van der Waals surface area contributed by atoms with Crippen molar-refractivity contribution in [1.29, 1.82) is 0 Å². The van der Waals surface area contributed by atoms with Crippen molar-refractivity contribution in [2.75, 3.05) is 17.2 Å². The zero-order chi connectivity index (χ0) is 17.6. The van der Waals surface area contributed by atoms with E-state index in [2.05, 4.69) is 15.6 Å². The molecule has 0 fully saturated rings.